The highest BCUT2D eigenvalue weighted by molar-refractivity contribution is 7.12. The molecule has 3 aliphatic heterocycles. The number of carbonyl (C=O) groups excluding carboxylic acids is 3. The lowest BCUT2D eigenvalue weighted by molar-refractivity contribution is -0.121. The van der Waals surface area contributed by atoms with Gasteiger partial charge in [0.25, 0.3) is 0 Å². The van der Waals surface area contributed by atoms with E-state index in [2.05, 4.69) is 17.5 Å². The Bertz CT molecular complexity index is 1740. The third kappa shape index (κ3) is 3.36. The van der Waals surface area contributed by atoms with Gasteiger partial charge in [-0.25, -0.2) is 0 Å². The zero-order valence-corrected chi connectivity index (χ0v) is 23.4. The first kappa shape index (κ1) is 25.0. The third-order valence-electron chi connectivity index (χ3n) is 8.58. The van der Waals surface area contributed by atoms with Crippen LogP contribution in [-0.4, -0.2) is 29.6 Å². The maximum atomic E-state index is 14.7. The largest absolute Gasteiger partial charge is 0.352 e. The maximum Gasteiger partial charge on any atom is 0.238 e. The molecule has 198 valence electrons. The van der Waals surface area contributed by atoms with Crippen LogP contribution in [0.3, 0.4) is 0 Å². The molecule has 7 heteroatoms. The number of thiophene rings is 1. The monoisotopic (exact) mass is 564 g/mol. The third-order valence-corrected chi connectivity index (χ3v) is 9.71. The molecule has 0 unspecified atom stereocenters. The van der Waals surface area contributed by atoms with Gasteiger partial charge in [-0.3, -0.25) is 14.4 Å². The Labute approximate surface area is 241 Å². The molecule has 0 radical (unpaired) electrons. The summed E-state index contributed by atoms with van der Waals surface area (Å²) in [6.45, 7) is 4.07. The van der Waals surface area contributed by atoms with E-state index < -0.39 is 23.4 Å². The predicted molar refractivity (Wildman–Crippen MR) is 160 cm³/mol. The summed E-state index contributed by atoms with van der Waals surface area (Å²) in [6.07, 6.45) is 2.08. The Kier molecular flexibility index (Phi) is 5.63. The van der Waals surface area contributed by atoms with Crippen molar-refractivity contribution in [1.29, 1.82) is 0 Å². The molecule has 4 atom stereocenters. The van der Waals surface area contributed by atoms with E-state index in [0.29, 0.717) is 21.2 Å². The summed E-state index contributed by atoms with van der Waals surface area (Å²) < 4.78 is 0. The van der Waals surface area contributed by atoms with Crippen LogP contribution in [-0.2, 0) is 10.2 Å². The number of aryl methyl sites for hydroxylation is 1. The fraction of sp³-hybridized carbons (Fsp3) is 0.182. The van der Waals surface area contributed by atoms with Gasteiger partial charge in [0, 0.05) is 27.5 Å². The zero-order chi connectivity index (χ0) is 27.8. The number of hydrogen-bond donors (Lipinski definition) is 1. The van der Waals surface area contributed by atoms with Crippen LogP contribution in [0.5, 0.6) is 0 Å². The van der Waals surface area contributed by atoms with Crippen LogP contribution in [0.15, 0.2) is 90.3 Å². The summed E-state index contributed by atoms with van der Waals surface area (Å²) in [4.78, 5) is 46.2. The van der Waals surface area contributed by atoms with E-state index in [-0.39, 0.29) is 17.5 Å². The number of ketones is 2. The Hall–Kier alpha value is -4.00. The minimum Gasteiger partial charge on any atom is -0.352 e. The molecule has 7 rings (SSSR count). The molecule has 0 bridgehead atoms. The average Bonchev–Trinajstić information content (AvgIpc) is 3.66. The number of halogens is 1. The minimum atomic E-state index is -1.32. The Balaban J connectivity index is 1.56. The first-order valence-electron chi connectivity index (χ1n) is 13.2. The van der Waals surface area contributed by atoms with Crippen LogP contribution >= 0.6 is 22.9 Å². The molecular weight excluding hydrogens is 540 g/mol. The summed E-state index contributed by atoms with van der Waals surface area (Å²) in [7, 11) is 0. The number of fused-ring (bicyclic) bond motifs is 6. The summed E-state index contributed by atoms with van der Waals surface area (Å²) in [5.41, 5.74) is 4.47. The minimum absolute atomic E-state index is 0.166. The smallest absolute Gasteiger partial charge is 0.238 e. The molecule has 40 heavy (non-hydrogen) atoms. The number of para-hydroxylation sites is 1. The number of allylic oxidation sites excluding steroid dienone is 1. The first-order chi connectivity index (χ1) is 19.3. The quantitative estimate of drug-likeness (QED) is 0.272. The van der Waals surface area contributed by atoms with Crippen LogP contribution < -0.4 is 10.2 Å². The standard InChI is InChI=1S/C33H25ClN2O3S/c1-18-9-14-25-22(16-18)19(2)17-27-33(23-6-3-4-7-24(23)35-32(33)39)28(30(37)20-10-12-21(34)13-11-20)29(36(25)27)31(38)26-8-5-15-40-26/h3-17,27-29H,1-2H3,(H,35,39)/t27-,28-,29+,33-/m1/s1. The number of rotatable bonds is 4. The predicted octanol–water partition coefficient (Wildman–Crippen LogP) is 6.96. The number of nitrogens with zero attached hydrogens (tertiary/aromatic N) is 1. The van der Waals surface area contributed by atoms with E-state index >= 15 is 0 Å². The number of anilines is 2. The van der Waals surface area contributed by atoms with Crippen LogP contribution in [0.4, 0.5) is 11.4 Å². The zero-order valence-electron chi connectivity index (χ0n) is 21.9. The van der Waals surface area contributed by atoms with E-state index in [1.807, 2.05) is 66.6 Å². The van der Waals surface area contributed by atoms with Gasteiger partial charge in [-0.05, 0) is 78.9 Å². The molecule has 0 saturated carbocycles. The number of carbonyl (C=O) groups is 3. The van der Waals surface area contributed by atoms with Gasteiger partial charge in [0.05, 0.1) is 16.8 Å². The SMILES string of the molecule is CC1=C[C@H]2N(c3ccc(C)cc31)[C@H](C(=O)c1cccs1)[C@H](C(=O)c1ccc(Cl)cc1)[C@]21C(=O)Nc2ccccc21. The van der Waals surface area contributed by atoms with Gasteiger partial charge in [-0.2, -0.15) is 0 Å². The normalized spacial score (nSPS) is 24.3. The number of benzene rings is 3. The van der Waals surface area contributed by atoms with Gasteiger partial charge in [-0.15, -0.1) is 11.3 Å². The van der Waals surface area contributed by atoms with E-state index in [9.17, 15) is 14.4 Å². The van der Waals surface area contributed by atoms with Crippen LogP contribution in [0.2, 0.25) is 5.02 Å². The number of amides is 1. The Morgan fingerprint density at radius 1 is 0.950 bits per heavy atom. The fourth-order valence-electron chi connectivity index (χ4n) is 6.90. The van der Waals surface area contributed by atoms with Crippen molar-refractivity contribution < 1.29 is 14.4 Å². The number of hydrogen-bond acceptors (Lipinski definition) is 5. The molecule has 1 amide bonds. The van der Waals surface area contributed by atoms with Crippen molar-refractivity contribution in [1.82, 2.24) is 0 Å². The molecule has 1 fully saturated rings. The molecule has 5 nitrogen and oxygen atoms in total. The van der Waals surface area contributed by atoms with Crippen molar-refractivity contribution in [3.05, 3.63) is 122 Å². The molecular formula is C33H25ClN2O3S. The topological polar surface area (TPSA) is 66.5 Å². The Morgan fingerprint density at radius 2 is 1.73 bits per heavy atom. The van der Waals surface area contributed by atoms with Crippen molar-refractivity contribution >= 4 is 57.4 Å². The molecule has 1 aromatic heterocycles. The second kappa shape index (κ2) is 9.01. The van der Waals surface area contributed by atoms with Gasteiger partial charge in [-0.1, -0.05) is 53.6 Å². The molecule has 4 aromatic rings. The maximum absolute atomic E-state index is 14.7. The molecule has 1 saturated heterocycles. The van der Waals surface area contributed by atoms with Gasteiger partial charge < -0.3 is 10.2 Å². The van der Waals surface area contributed by atoms with Crippen LogP contribution in [0, 0.1) is 12.8 Å². The summed E-state index contributed by atoms with van der Waals surface area (Å²) in [5, 5.41) is 5.44. The fourth-order valence-corrected chi connectivity index (χ4v) is 7.73. The highest BCUT2D eigenvalue weighted by atomic mass is 35.5. The lowest BCUT2D eigenvalue weighted by Gasteiger charge is -2.39. The second-order valence-corrected chi connectivity index (χ2v) is 12.1. The van der Waals surface area contributed by atoms with Gasteiger partial charge in [0.2, 0.25) is 5.91 Å². The van der Waals surface area contributed by atoms with Gasteiger partial charge >= 0.3 is 0 Å². The lowest BCUT2D eigenvalue weighted by atomic mass is 9.64. The highest BCUT2D eigenvalue weighted by Gasteiger charge is 2.70. The lowest BCUT2D eigenvalue weighted by Crippen LogP contribution is -2.51. The van der Waals surface area contributed by atoms with Crippen molar-refractivity contribution in [3.63, 3.8) is 0 Å². The van der Waals surface area contributed by atoms with E-state index in [1.54, 1.807) is 30.3 Å². The molecule has 1 spiro atoms. The number of Topliss-reactive ketones (excluding diaryl/α,β-unsaturated/α-hetero) is 2. The average molecular weight is 565 g/mol. The number of nitrogens with one attached hydrogen (secondary N) is 1. The van der Waals surface area contributed by atoms with E-state index in [1.165, 1.54) is 11.3 Å². The second-order valence-electron chi connectivity index (χ2n) is 10.7. The molecule has 1 N–H and O–H groups in total. The molecule has 0 aliphatic carbocycles. The Morgan fingerprint density at radius 3 is 2.48 bits per heavy atom. The highest BCUT2D eigenvalue weighted by Crippen LogP contribution is 2.59. The van der Waals surface area contributed by atoms with Crippen LogP contribution in [0.25, 0.3) is 5.57 Å². The summed E-state index contributed by atoms with van der Waals surface area (Å²) in [6, 6.07) is 22.6. The van der Waals surface area contributed by atoms with Crippen LogP contribution in [0.1, 0.15) is 43.6 Å². The van der Waals surface area contributed by atoms with Gasteiger partial charge in [0.1, 0.15) is 11.5 Å². The van der Waals surface area contributed by atoms with Crippen molar-refractivity contribution in [2.24, 2.45) is 5.92 Å². The summed E-state index contributed by atoms with van der Waals surface area (Å²) >= 11 is 7.52. The van der Waals surface area contributed by atoms with Crippen molar-refractivity contribution in [3.8, 4) is 0 Å². The van der Waals surface area contributed by atoms with E-state index in [4.69, 9.17) is 11.6 Å². The van der Waals surface area contributed by atoms with E-state index in [0.717, 1.165) is 28.0 Å². The summed E-state index contributed by atoms with van der Waals surface area (Å²) in [5.74, 6) is -1.68. The molecule has 3 aromatic carbocycles. The molecule has 4 heterocycles. The van der Waals surface area contributed by atoms with Crippen molar-refractivity contribution in [2.45, 2.75) is 31.3 Å². The first-order valence-corrected chi connectivity index (χ1v) is 14.4. The van der Waals surface area contributed by atoms with Gasteiger partial charge in [0.15, 0.2) is 11.6 Å². The molecule has 3 aliphatic rings. The van der Waals surface area contributed by atoms with Crippen molar-refractivity contribution in [2.75, 3.05) is 10.2 Å².